The summed E-state index contributed by atoms with van der Waals surface area (Å²) < 4.78 is 8.91. The van der Waals surface area contributed by atoms with Gasteiger partial charge in [0.1, 0.15) is 12.3 Å². The molecule has 4 rings (SSSR count). The maximum absolute atomic E-state index is 13.7. The fourth-order valence-corrected chi connectivity index (χ4v) is 5.29. The van der Waals surface area contributed by atoms with Crippen LogP contribution in [0.3, 0.4) is 0 Å². The molecular weight excluding hydrogens is 538 g/mol. The van der Waals surface area contributed by atoms with Crippen LogP contribution in [0.4, 0.5) is 5.95 Å². The number of nitrogen functional groups attached to an aromatic ring is 1. The van der Waals surface area contributed by atoms with Gasteiger partial charge in [-0.3, -0.25) is 13.9 Å². The number of hydrogen-bond acceptors (Lipinski definition) is 11. The van der Waals surface area contributed by atoms with E-state index >= 15 is 0 Å². The largest absolute Gasteiger partial charge is 0.394 e. The minimum Gasteiger partial charge on any atom is -0.394 e. The van der Waals surface area contributed by atoms with Crippen molar-refractivity contribution in [2.45, 2.75) is 57.1 Å². The van der Waals surface area contributed by atoms with Crippen molar-refractivity contribution >= 4 is 17.1 Å². The molecule has 0 saturated carbocycles. The Morgan fingerprint density at radius 2 is 1.67 bits per heavy atom. The first-order chi connectivity index (χ1) is 20.5. The lowest BCUT2D eigenvalue weighted by Crippen LogP contribution is -2.36. The molecule has 8 N–H and O–H groups in total. The van der Waals surface area contributed by atoms with Gasteiger partial charge in [0.15, 0.2) is 11.2 Å². The van der Waals surface area contributed by atoms with E-state index in [0.717, 1.165) is 57.8 Å². The highest BCUT2D eigenvalue weighted by atomic mass is 16.5. The number of hydrogen-bond donors (Lipinski definition) is 7. The molecule has 4 atom stereocenters. The van der Waals surface area contributed by atoms with Gasteiger partial charge >= 0.3 is 0 Å². The molecule has 13 nitrogen and oxygen atoms in total. The minimum absolute atomic E-state index is 0.103. The predicted octanol–water partition coefficient (Wildman–Crippen LogP) is -0.242. The number of benzene rings is 1. The summed E-state index contributed by atoms with van der Waals surface area (Å²) in [5.74, 6) is 0.103. The number of aromatic nitrogens is 4. The van der Waals surface area contributed by atoms with E-state index in [1.165, 1.54) is 6.33 Å². The van der Waals surface area contributed by atoms with Crippen molar-refractivity contribution in [1.82, 2.24) is 40.4 Å². The van der Waals surface area contributed by atoms with E-state index in [-0.39, 0.29) is 36.1 Å². The Bertz CT molecular complexity index is 1270. The summed E-state index contributed by atoms with van der Waals surface area (Å²) >= 11 is 0. The molecule has 0 aliphatic carbocycles. The standard InChI is InChI=1S/C29H47N9O4/c1-2-9-31-11-13-33-15-16-34-14-12-32-10-8-22(17-21-6-4-3-5-7-21)38-28(41)26-27(36-29(38)30)37(20-35-26)25-18-23(40)24(19-39)42-25/h3-7,20,22-25,31-34,39-40H,2,8-19H2,1H3,(H2,30,36)/t22?,23-,24+,25+/m0/s1. The average Bonchev–Trinajstić information content (AvgIpc) is 3.58. The number of nitrogens with one attached hydrogen (secondary N) is 4. The number of anilines is 1. The van der Waals surface area contributed by atoms with Crippen LogP contribution in [0, 0.1) is 0 Å². The van der Waals surface area contributed by atoms with Crippen LogP contribution in [-0.4, -0.2) is 100 Å². The Hall–Kier alpha value is -2.91. The third-order valence-electron chi connectivity index (χ3n) is 7.55. The zero-order valence-electron chi connectivity index (χ0n) is 24.5. The van der Waals surface area contributed by atoms with Crippen LogP contribution in [0.25, 0.3) is 11.2 Å². The molecule has 1 aromatic carbocycles. The quantitative estimate of drug-likeness (QED) is 0.0924. The van der Waals surface area contributed by atoms with E-state index < -0.39 is 18.4 Å². The molecule has 3 aromatic rings. The molecule has 1 fully saturated rings. The van der Waals surface area contributed by atoms with Crippen molar-refractivity contribution in [3.63, 3.8) is 0 Å². The Morgan fingerprint density at radius 1 is 1.02 bits per heavy atom. The zero-order chi connectivity index (χ0) is 29.7. The van der Waals surface area contributed by atoms with Crippen molar-refractivity contribution < 1.29 is 14.9 Å². The van der Waals surface area contributed by atoms with Crippen molar-refractivity contribution in [3.8, 4) is 0 Å². The maximum atomic E-state index is 13.7. The molecule has 1 saturated heterocycles. The van der Waals surface area contributed by atoms with E-state index in [1.54, 1.807) is 9.13 Å². The van der Waals surface area contributed by atoms with E-state index in [4.69, 9.17) is 10.5 Å². The molecule has 1 unspecified atom stereocenters. The van der Waals surface area contributed by atoms with Crippen molar-refractivity contribution in [2.75, 3.05) is 64.7 Å². The lowest BCUT2D eigenvalue weighted by molar-refractivity contribution is -0.0432. The van der Waals surface area contributed by atoms with Gasteiger partial charge in [0.25, 0.3) is 5.56 Å². The van der Waals surface area contributed by atoms with Crippen LogP contribution >= 0.6 is 0 Å². The van der Waals surface area contributed by atoms with Crippen LogP contribution in [0.2, 0.25) is 0 Å². The van der Waals surface area contributed by atoms with Crippen LogP contribution in [-0.2, 0) is 11.2 Å². The Balaban J connectivity index is 1.36. The summed E-state index contributed by atoms with van der Waals surface area (Å²) in [5.41, 5.74) is 7.72. The first kappa shape index (κ1) is 32.0. The molecule has 1 aliphatic heterocycles. The van der Waals surface area contributed by atoms with Gasteiger partial charge in [0.2, 0.25) is 5.95 Å². The molecule has 3 heterocycles. The van der Waals surface area contributed by atoms with Crippen molar-refractivity contribution in [1.29, 1.82) is 0 Å². The number of ether oxygens (including phenoxy) is 1. The second-order valence-corrected chi connectivity index (χ2v) is 10.7. The minimum atomic E-state index is -0.817. The summed E-state index contributed by atoms with van der Waals surface area (Å²) in [4.78, 5) is 22.6. The van der Waals surface area contributed by atoms with Crippen LogP contribution < -0.4 is 32.6 Å². The molecule has 232 valence electrons. The van der Waals surface area contributed by atoms with Gasteiger partial charge in [-0.1, -0.05) is 37.3 Å². The number of fused-ring (bicyclic) bond motifs is 1. The fraction of sp³-hybridized carbons (Fsp3) is 0.621. The van der Waals surface area contributed by atoms with E-state index in [1.807, 2.05) is 30.3 Å². The summed E-state index contributed by atoms with van der Waals surface area (Å²) in [6, 6.07) is 9.79. The van der Waals surface area contributed by atoms with Gasteiger partial charge in [-0.2, -0.15) is 4.98 Å². The van der Waals surface area contributed by atoms with Crippen LogP contribution in [0.5, 0.6) is 0 Å². The molecule has 0 radical (unpaired) electrons. The molecule has 0 spiro atoms. The number of rotatable bonds is 19. The Labute approximate surface area is 246 Å². The third-order valence-corrected chi connectivity index (χ3v) is 7.55. The smallest absolute Gasteiger partial charge is 0.283 e. The van der Waals surface area contributed by atoms with E-state index in [9.17, 15) is 15.0 Å². The van der Waals surface area contributed by atoms with Gasteiger partial charge in [-0.25, -0.2) is 4.98 Å². The summed E-state index contributed by atoms with van der Waals surface area (Å²) in [6.45, 7) is 9.07. The lowest BCUT2D eigenvalue weighted by atomic mass is 10.0. The number of imidazole rings is 1. The van der Waals surface area contributed by atoms with Gasteiger partial charge in [0.05, 0.1) is 19.0 Å². The molecular formula is C29H47N9O4. The Kier molecular flexibility index (Phi) is 12.7. The lowest BCUT2D eigenvalue weighted by Gasteiger charge is -2.22. The van der Waals surface area contributed by atoms with Gasteiger partial charge < -0.3 is 42.0 Å². The normalized spacial score (nSPS) is 19.5. The van der Waals surface area contributed by atoms with E-state index in [2.05, 4.69) is 38.2 Å². The molecule has 2 aromatic heterocycles. The number of aliphatic hydroxyl groups is 2. The van der Waals surface area contributed by atoms with Crippen molar-refractivity contribution in [3.05, 3.63) is 52.6 Å². The van der Waals surface area contributed by atoms with Gasteiger partial charge in [-0.05, 0) is 37.9 Å². The second-order valence-electron chi connectivity index (χ2n) is 10.7. The monoisotopic (exact) mass is 585 g/mol. The van der Waals surface area contributed by atoms with E-state index in [0.29, 0.717) is 25.0 Å². The first-order valence-electron chi connectivity index (χ1n) is 15.1. The number of nitrogens with two attached hydrogens (primary N) is 1. The molecule has 0 bridgehead atoms. The molecule has 1 aliphatic rings. The maximum Gasteiger partial charge on any atom is 0.283 e. The Morgan fingerprint density at radius 3 is 2.29 bits per heavy atom. The van der Waals surface area contributed by atoms with Crippen LogP contribution in [0.15, 0.2) is 41.5 Å². The second kappa shape index (κ2) is 16.7. The van der Waals surface area contributed by atoms with Gasteiger partial charge in [-0.15, -0.1) is 0 Å². The summed E-state index contributed by atoms with van der Waals surface area (Å²) in [5, 5.41) is 33.3. The average molecular weight is 586 g/mol. The summed E-state index contributed by atoms with van der Waals surface area (Å²) in [6.07, 6.45) is 2.08. The number of nitrogens with zero attached hydrogens (tertiary/aromatic N) is 4. The first-order valence-corrected chi connectivity index (χ1v) is 15.1. The molecule has 13 heteroatoms. The fourth-order valence-electron chi connectivity index (χ4n) is 5.29. The SMILES string of the molecule is CCCNCCNCCNCCNCCC(Cc1ccccc1)n1c(N)nc2c(ncn2[C@H]2C[C@H](O)[C@@H](CO)O2)c1=O. The predicted molar refractivity (Wildman–Crippen MR) is 163 cm³/mol. The summed E-state index contributed by atoms with van der Waals surface area (Å²) in [7, 11) is 0. The highest BCUT2D eigenvalue weighted by molar-refractivity contribution is 5.71. The number of aliphatic hydroxyl groups excluding tert-OH is 2. The van der Waals surface area contributed by atoms with Crippen LogP contribution in [0.1, 0.15) is 44.0 Å². The molecule has 0 amide bonds. The highest BCUT2D eigenvalue weighted by Gasteiger charge is 2.35. The highest BCUT2D eigenvalue weighted by Crippen LogP contribution is 2.30. The van der Waals surface area contributed by atoms with Crippen molar-refractivity contribution in [2.24, 2.45) is 0 Å². The third kappa shape index (κ3) is 8.57. The zero-order valence-corrected chi connectivity index (χ0v) is 24.5. The topological polar surface area (TPSA) is 177 Å². The van der Waals surface area contributed by atoms with Gasteiger partial charge in [0, 0.05) is 51.7 Å². The molecule has 42 heavy (non-hydrogen) atoms.